The molecular formula is C28H26N2O4S2. The van der Waals surface area contributed by atoms with Crippen LogP contribution in [0.4, 0.5) is 5.69 Å². The number of aryl methyl sites for hydroxylation is 1. The zero-order valence-electron chi connectivity index (χ0n) is 20.2. The van der Waals surface area contributed by atoms with Gasteiger partial charge in [-0.25, -0.2) is 9.78 Å². The Morgan fingerprint density at radius 2 is 1.86 bits per heavy atom. The number of hydrogen-bond donors (Lipinski definition) is 2. The van der Waals surface area contributed by atoms with Crippen molar-refractivity contribution in [1.82, 2.24) is 4.98 Å². The van der Waals surface area contributed by atoms with E-state index in [9.17, 15) is 15.0 Å². The van der Waals surface area contributed by atoms with Gasteiger partial charge in [0.15, 0.2) is 0 Å². The summed E-state index contributed by atoms with van der Waals surface area (Å²) < 4.78 is 5.78. The Kier molecular flexibility index (Phi) is 7.87. The number of carboxylic acids is 1. The van der Waals surface area contributed by atoms with Crippen molar-refractivity contribution in [3.63, 3.8) is 0 Å². The zero-order valence-corrected chi connectivity index (χ0v) is 21.8. The van der Waals surface area contributed by atoms with Crippen molar-refractivity contribution < 1.29 is 19.7 Å². The summed E-state index contributed by atoms with van der Waals surface area (Å²) >= 11 is 2.65. The van der Waals surface area contributed by atoms with E-state index in [1.54, 1.807) is 25.5 Å². The van der Waals surface area contributed by atoms with Gasteiger partial charge in [-0.2, -0.15) is 0 Å². The van der Waals surface area contributed by atoms with Crippen LogP contribution in [-0.4, -0.2) is 40.7 Å². The number of carbonyl (C=O) groups is 1. The number of thiophene rings is 1. The molecule has 0 amide bonds. The number of aromatic carboxylic acids is 1. The molecular weight excluding hydrogens is 492 g/mol. The first-order valence-electron chi connectivity index (χ1n) is 11.3. The van der Waals surface area contributed by atoms with Gasteiger partial charge in [0.05, 0.1) is 11.2 Å². The van der Waals surface area contributed by atoms with Gasteiger partial charge in [-0.3, -0.25) is 0 Å². The van der Waals surface area contributed by atoms with Crippen LogP contribution in [0.1, 0.15) is 39.0 Å². The third-order valence-corrected chi connectivity index (χ3v) is 7.41. The maximum atomic E-state index is 12.1. The number of likely N-dealkylation sites (N-methyl/N-ethyl adjacent to an activating group) is 1. The van der Waals surface area contributed by atoms with Gasteiger partial charge in [-0.15, -0.1) is 22.7 Å². The van der Waals surface area contributed by atoms with E-state index in [4.69, 9.17) is 4.74 Å². The number of aromatic nitrogens is 1. The first-order chi connectivity index (χ1) is 17.3. The van der Waals surface area contributed by atoms with Crippen LogP contribution in [0.15, 0.2) is 65.5 Å². The zero-order chi connectivity index (χ0) is 25.7. The molecule has 0 spiro atoms. The summed E-state index contributed by atoms with van der Waals surface area (Å²) in [7, 11) is 1.65. The summed E-state index contributed by atoms with van der Waals surface area (Å²) in [6.45, 7) is 4.05. The highest BCUT2D eigenvalue weighted by atomic mass is 32.1. The van der Waals surface area contributed by atoms with Crippen LogP contribution in [0.25, 0.3) is 10.4 Å². The molecule has 1 atom stereocenters. The van der Waals surface area contributed by atoms with E-state index in [-0.39, 0.29) is 17.9 Å². The summed E-state index contributed by atoms with van der Waals surface area (Å²) in [5.41, 5.74) is 6.55. The molecule has 6 nitrogen and oxygen atoms in total. The second-order valence-corrected chi connectivity index (χ2v) is 10.00. The largest absolute Gasteiger partial charge is 0.477 e. The van der Waals surface area contributed by atoms with Crippen LogP contribution < -0.4 is 4.90 Å². The summed E-state index contributed by atoms with van der Waals surface area (Å²) in [6.07, 6.45) is 0.175. The van der Waals surface area contributed by atoms with Gasteiger partial charge in [-0.1, -0.05) is 47.9 Å². The quantitative estimate of drug-likeness (QED) is 0.232. The Hall–Kier alpha value is -3.48. The Balaban J connectivity index is 1.64. The van der Waals surface area contributed by atoms with Gasteiger partial charge in [0.25, 0.3) is 5.91 Å². The predicted molar refractivity (Wildman–Crippen MR) is 145 cm³/mol. The first-order valence-corrected chi connectivity index (χ1v) is 13.1. The fourth-order valence-electron chi connectivity index (χ4n) is 3.71. The highest BCUT2D eigenvalue weighted by molar-refractivity contribution is 7.18. The summed E-state index contributed by atoms with van der Waals surface area (Å²) in [5, 5.41) is 23.3. The van der Waals surface area contributed by atoms with Crippen molar-refractivity contribution in [1.29, 1.82) is 0 Å². The maximum Gasteiger partial charge on any atom is 0.348 e. The molecule has 2 N–H and O–H groups in total. The second kappa shape index (κ2) is 11.1. The normalized spacial score (nSPS) is 12.4. The lowest BCUT2D eigenvalue weighted by molar-refractivity contribution is -0.196. The molecule has 2 aromatic carbocycles. The van der Waals surface area contributed by atoms with Crippen LogP contribution in [-0.2, 0) is 11.2 Å². The van der Waals surface area contributed by atoms with Crippen LogP contribution >= 0.6 is 22.7 Å². The number of carboxylic acid groups (broad SMARTS) is 1. The maximum absolute atomic E-state index is 12.1. The number of benzene rings is 2. The molecule has 1 unspecified atom stereocenters. The fourth-order valence-corrected chi connectivity index (χ4v) is 5.23. The van der Waals surface area contributed by atoms with Crippen molar-refractivity contribution in [3.05, 3.63) is 92.7 Å². The lowest BCUT2D eigenvalue weighted by Gasteiger charge is -2.38. The van der Waals surface area contributed by atoms with Gasteiger partial charge < -0.3 is 19.8 Å². The Bertz CT molecular complexity index is 1380. The molecule has 0 fully saturated rings. The fraction of sp³-hybridized carbons (Fsp3) is 0.214. The van der Waals surface area contributed by atoms with E-state index < -0.39 is 11.9 Å². The third kappa shape index (κ3) is 5.83. The van der Waals surface area contributed by atoms with Gasteiger partial charge in [0.1, 0.15) is 10.6 Å². The van der Waals surface area contributed by atoms with Crippen molar-refractivity contribution in [2.45, 2.75) is 26.2 Å². The highest BCUT2D eigenvalue weighted by Crippen LogP contribution is 2.39. The van der Waals surface area contributed by atoms with E-state index in [0.29, 0.717) is 5.69 Å². The minimum Gasteiger partial charge on any atom is -0.477 e. The molecule has 0 saturated carbocycles. The van der Waals surface area contributed by atoms with Gasteiger partial charge in [0.2, 0.25) is 0 Å². The van der Waals surface area contributed by atoms with Crippen molar-refractivity contribution >= 4 is 34.3 Å². The molecule has 0 aliphatic carbocycles. The van der Waals surface area contributed by atoms with E-state index >= 15 is 0 Å². The first kappa shape index (κ1) is 25.6. The molecule has 0 radical (unpaired) electrons. The van der Waals surface area contributed by atoms with Crippen molar-refractivity contribution in [2.24, 2.45) is 0 Å². The molecule has 4 rings (SSSR count). The highest BCUT2D eigenvalue weighted by Gasteiger charge is 2.36. The topological polar surface area (TPSA) is 82.9 Å². The Morgan fingerprint density at radius 3 is 2.47 bits per heavy atom. The third-order valence-electron chi connectivity index (χ3n) is 5.66. The molecule has 0 saturated heterocycles. The van der Waals surface area contributed by atoms with Crippen LogP contribution in [0.5, 0.6) is 0 Å². The minimum absolute atomic E-state index is 0.127. The monoisotopic (exact) mass is 518 g/mol. The van der Waals surface area contributed by atoms with E-state index in [0.717, 1.165) is 44.2 Å². The van der Waals surface area contributed by atoms with Crippen molar-refractivity contribution in [2.75, 3.05) is 18.6 Å². The second-order valence-electron chi connectivity index (χ2n) is 8.23. The summed E-state index contributed by atoms with van der Waals surface area (Å²) in [5.74, 6) is 3.32. The van der Waals surface area contributed by atoms with Crippen LogP contribution in [0.2, 0.25) is 0 Å². The standard InChI is InChI=1S/C28H26N2O4S2/c1-4-34-28(33,16-21-7-5-19(2)6-8-21)30(3)24-15-25(36-26(24)27(31)32)22-12-9-20(10-13-22)11-14-23-17-35-18-29-23/h5-10,12-13,15,17-18,33H,4,16H2,1-3H3,(H,31,32). The van der Waals surface area contributed by atoms with E-state index in [2.05, 4.69) is 16.8 Å². The van der Waals surface area contributed by atoms with Crippen LogP contribution in [0, 0.1) is 18.8 Å². The van der Waals surface area contributed by atoms with Gasteiger partial charge in [0, 0.05) is 35.9 Å². The number of rotatable bonds is 8. The summed E-state index contributed by atoms with van der Waals surface area (Å²) in [6, 6.07) is 17.2. The molecule has 2 aromatic heterocycles. The number of nitrogens with zero attached hydrogens (tertiary/aromatic N) is 2. The number of hydrogen-bond acceptors (Lipinski definition) is 7. The predicted octanol–water partition coefficient (Wildman–Crippen LogP) is 5.64. The molecule has 2 heterocycles. The lowest BCUT2D eigenvalue weighted by atomic mass is 10.1. The summed E-state index contributed by atoms with van der Waals surface area (Å²) in [4.78, 5) is 18.7. The van der Waals surface area contributed by atoms with Gasteiger partial charge in [-0.05, 0) is 49.1 Å². The Labute approximate surface area is 218 Å². The molecule has 0 aliphatic heterocycles. The molecule has 0 aliphatic rings. The van der Waals surface area contributed by atoms with E-state index in [1.807, 2.05) is 60.8 Å². The average Bonchev–Trinajstić information content (AvgIpc) is 3.55. The van der Waals surface area contributed by atoms with Gasteiger partial charge >= 0.3 is 5.97 Å². The minimum atomic E-state index is -1.72. The number of aliphatic hydroxyl groups is 1. The lowest BCUT2D eigenvalue weighted by Crippen LogP contribution is -2.51. The molecule has 36 heavy (non-hydrogen) atoms. The van der Waals surface area contributed by atoms with E-state index in [1.165, 1.54) is 16.2 Å². The Morgan fingerprint density at radius 1 is 1.14 bits per heavy atom. The molecule has 0 bridgehead atoms. The van der Waals surface area contributed by atoms with Crippen LogP contribution in [0.3, 0.4) is 0 Å². The molecule has 4 aromatic rings. The SMILES string of the molecule is CCOC(O)(Cc1ccc(C)cc1)N(C)c1cc(-c2ccc(C#Cc3cscn3)cc2)sc1C(=O)O. The average molecular weight is 519 g/mol. The number of anilines is 1. The molecule has 8 heteroatoms. The smallest absolute Gasteiger partial charge is 0.348 e. The number of thiazole rings is 1. The molecule has 184 valence electrons. The van der Waals surface area contributed by atoms with Crippen molar-refractivity contribution in [3.8, 4) is 22.3 Å². The number of ether oxygens (including phenoxy) is 1.